The Morgan fingerprint density at radius 3 is 2.88 bits per heavy atom. The van der Waals surface area contributed by atoms with Gasteiger partial charge >= 0.3 is 0 Å². The second-order valence-electron chi connectivity index (χ2n) is 6.24. The summed E-state index contributed by atoms with van der Waals surface area (Å²) in [6, 6.07) is 7.92. The molecule has 1 atom stereocenters. The quantitative estimate of drug-likeness (QED) is 0.533. The van der Waals surface area contributed by atoms with Gasteiger partial charge in [0, 0.05) is 35.2 Å². The van der Waals surface area contributed by atoms with Crippen molar-refractivity contribution in [3.63, 3.8) is 0 Å². The molecule has 0 unspecified atom stereocenters. The van der Waals surface area contributed by atoms with Gasteiger partial charge in [-0.1, -0.05) is 41.3 Å². The lowest BCUT2D eigenvalue weighted by molar-refractivity contribution is 0.0995. The number of hydrogen-bond donors (Lipinski definition) is 1. The van der Waals surface area contributed by atoms with E-state index < -0.39 is 0 Å². The summed E-state index contributed by atoms with van der Waals surface area (Å²) in [5, 5.41) is 10.2. The normalized spacial score (nSPS) is 16.2. The number of ether oxygens (including phenoxy) is 1. The molecule has 0 aliphatic carbocycles. The summed E-state index contributed by atoms with van der Waals surface area (Å²) in [5.41, 5.74) is 2.68. The number of rotatable bonds is 5. The molecule has 136 valence electrons. The van der Waals surface area contributed by atoms with Crippen LogP contribution in [0.2, 0.25) is 0 Å². The zero-order valence-electron chi connectivity index (χ0n) is 14.7. The number of benzene rings is 1. The van der Waals surface area contributed by atoms with Crippen LogP contribution in [0.25, 0.3) is 10.9 Å². The second kappa shape index (κ2) is 7.38. The SMILES string of the molecule is Cc1[nH]c2ccccc2c1C(=O)[C@@H](C)Sc1nnc(N2CCOCC2)s1. The molecule has 3 heterocycles. The summed E-state index contributed by atoms with van der Waals surface area (Å²) < 4.78 is 6.20. The smallest absolute Gasteiger partial charge is 0.209 e. The molecule has 26 heavy (non-hydrogen) atoms. The summed E-state index contributed by atoms with van der Waals surface area (Å²) in [4.78, 5) is 18.5. The molecule has 0 spiro atoms. The average molecular weight is 389 g/mol. The monoisotopic (exact) mass is 388 g/mol. The van der Waals surface area contributed by atoms with Gasteiger partial charge in [-0.15, -0.1) is 10.2 Å². The van der Waals surface area contributed by atoms with Crippen molar-refractivity contribution in [2.45, 2.75) is 23.4 Å². The fraction of sp³-hybridized carbons (Fsp3) is 0.389. The number of ketones is 1. The van der Waals surface area contributed by atoms with E-state index in [9.17, 15) is 4.79 Å². The van der Waals surface area contributed by atoms with Crippen LogP contribution < -0.4 is 4.90 Å². The fourth-order valence-corrected chi connectivity index (χ4v) is 5.23. The van der Waals surface area contributed by atoms with Crippen molar-refractivity contribution in [2.24, 2.45) is 0 Å². The van der Waals surface area contributed by atoms with E-state index in [2.05, 4.69) is 20.1 Å². The maximum atomic E-state index is 13.0. The Labute approximate surface area is 159 Å². The summed E-state index contributed by atoms with van der Waals surface area (Å²) in [5.74, 6) is 0.119. The number of aryl methyl sites for hydroxylation is 1. The van der Waals surface area contributed by atoms with E-state index in [1.165, 1.54) is 11.8 Å². The molecule has 3 aromatic rings. The molecule has 1 aromatic carbocycles. The van der Waals surface area contributed by atoms with Crippen LogP contribution in [0.4, 0.5) is 5.13 Å². The van der Waals surface area contributed by atoms with Crippen LogP contribution in [-0.4, -0.2) is 52.5 Å². The topological polar surface area (TPSA) is 71.1 Å². The molecule has 0 saturated carbocycles. The minimum Gasteiger partial charge on any atom is -0.378 e. The number of aromatic amines is 1. The number of nitrogens with zero attached hydrogens (tertiary/aromatic N) is 3. The third-order valence-corrected chi connectivity index (χ3v) is 6.63. The highest BCUT2D eigenvalue weighted by atomic mass is 32.2. The zero-order chi connectivity index (χ0) is 18.1. The molecular weight excluding hydrogens is 368 g/mol. The number of Topliss-reactive ketones (excluding diaryl/α,β-unsaturated/α-hetero) is 1. The number of anilines is 1. The lowest BCUT2D eigenvalue weighted by Gasteiger charge is -2.25. The Bertz CT molecular complexity index is 930. The Balaban J connectivity index is 1.51. The van der Waals surface area contributed by atoms with Crippen molar-refractivity contribution < 1.29 is 9.53 Å². The first-order valence-corrected chi connectivity index (χ1v) is 10.3. The number of thioether (sulfide) groups is 1. The fourth-order valence-electron chi connectivity index (χ4n) is 3.13. The number of fused-ring (bicyclic) bond motifs is 1. The van der Waals surface area contributed by atoms with Gasteiger partial charge in [0.2, 0.25) is 5.13 Å². The molecule has 1 fully saturated rings. The summed E-state index contributed by atoms with van der Waals surface area (Å²) in [7, 11) is 0. The van der Waals surface area contributed by atoms with Crippen LogP contribution in [0.3, 0.4) is 0 Å². The Morgan fingerprint density at radius 2 is 2.08 bits per heavy atom. The van der Waals surface area contributed by atoms with E-state index in [0.29, 0.717) is 0 Å². The number of carbonyl (C=O) groups is 1. The lowest BCUT2D eigenvalue weighted by Crippen LogP contribution is -2.36. The molecule has 1 N–H and O–H groups in total. The molecule has 0 bridgehead atoms. The number of morpholine rings is 1. The number of para-hydroxylation sites is 1. The highest BCUT2D eigenvalue weighted by Crippen LogP contribution is 2.34. The average Bonchev–Trinajstić information content (AvgIpc) is 3.25. The first-order chi connectivity index (χ1) is 12.6. The number of hydrogen-bond acceptors (Lipinski definition) is 7. The molecule has 1 aliphatic rings. The summed E-state index contributed by atoms with van der Waals surface area (Å²) in [6.07, 6.45) is 0. The van der Waals surface area contributed by atoms with Crippen molar-refractivity contribution in [3.8, 4) is 0 Å². The summed E-state index contributed by atoms with van der Waals surface area (Å²) in [6.45, 7) is 6.99. The van der Waals surface area contributed by atoms with Gasteiger partial charge in [-0.05, 0) is 19.9 Å². The van der Waals surface area contributed by atoms with E-state index in [1.54, 1.807) is 11.3 Å². The third-order valence-electron chi connectivity index (χ3n) is 4.46. The largest absolute Gasteiger partial charge is 0.378 e. The maximum absolute atomic E-state index is 13.0. The van der Waals surface area contributed by atoms with Crippen molar-refractivity contribution in [2.75, 3.05) is 31.2 Å². The van der Waals surface area contributed by atoms with Crippen LogP contribution >= 0.6 is 23.1 Å². The second-order valence-corrected chi connectivity index (χ2v) is 8.79. The van der Waals surface area contributed by atoms with Gasteiger partial charge in [0.1, 0.15) is 0 Å². The van der Waals surface area contributed by atoms with Crippen molar-refractivity contribution in [1.29, 1.82) is 0 Å². The molecule has 0 radical (unpaired) electrons. The van der Waals surface area contributed by atoms with Crippen LogP contribution in [0.5, 0.6) is 0 Å². The number of H-pyrrole nitrogens is 1. The van der Waals surface area contributed by atoms with Crippen LogP contribution in [0, 0.1) is 6.92 Å². The molecule has 0 amide bonds. The van der Waals surface area contributed by atoms with Gasteiger partial charge < -0.3 is 14.6 Å². The van der Waals surface area contributed by atoms with E-state index in [0.717, 1.165) is 57.9 Å². The van der Waals surface area contributed by atoms with Gasteiger partial charge in [0.25, 0.3) is 0 Å². The van der Waals surface area contributed by atoms with E-state index >= 15 is 0 Å². The minimum atomic E-state index is -0.224. The van der Waals surface area contributed by atoms with Crippen LogP contribution in [0.1, 0.15) is 23.0 Å². The van der Waals surface area contributed by atoms with Crippen LogP contribution in [-0.2, 0) is 4.74 Å². The Morgan fingerprint density at radius 1 is 1.31 bits per heavy atom. The van der Waals surface area contributed by atoms with E-state index in [1.807, 2.05) is 38.1 Å². The Hall–Kier alpha value is -1.90. The third kappa shape index (κ3) is 3.36. The number of aromatic nitrogens is 3. The van der Waals surface area contributed by atoms with Gasteiger partial charge in [-0.2, -0.15) is 0 Å². The van der Waals surface area contributed by atoms with Crippen molar-refractivity contribution >= 4 is 44.9 Å². The molecule has 4 rings (SSSR count). The minimum absolute atomic E-state index is 0.119. The highest BCUT2D eigenvalue weighted by Gasteiger charge is 2.24. The zero-order valence-corrected chi connectivity index (χ0v) is 16.3. The molecule has 1 aliphatic heterocycles. The number of carbonyl (C=O) groups excluding carboxylic acids is 1. The first kappa shape index (κ1) is 17.5. The predicted molar refractivity (Wildman–Crippen MR) is 106 cm³/mol. The van der Waals surface area contributed by atoms with Gasteiger partial charge in [0.05, 0.1) is 18.5 Å². The first-order valence-electron chi connectivity index (χ1n) is 8.58. The van der Waals surface area contributed by atoms with Gasteiger partial charge in [0.15, 0.2) is 10.1 Å². The predicted octanol–water partition coefficient (Wildman–Crippen LogP) is 3.53. The van der Waals surface area contributed by atoms with Crippen molar-refractivity contribution in [1.82, 2.24) is 15.2 Å². The summed E-state index contributed by atoms with van der Waals surface area (Å²) >= 11 is 3.02. The molecule has 6 nitrogen and oxygen atoms in total. The Kier molecular flexibility index (Phi) is 4.97. The van der Waals surface area contributed by atoms with Gasteiger partial charge in [-0.25, -0.2) is 0 Å². The number of nitrogens with one attached hydrogen (secondary N) is 1. The maximum Gasteiger partial charge on any atom is 0.209 e. The molecular formula is C18H20N4O2S2. The molecule has 8 heteroatoms. The highest BCUT2D eigenvalue weighted by molar-refractivity contribution is 8.02. The van der Waals surface area contributed by atoms with Crippen LogP contribution in [0.15, 0.2) is 28.6 Å². The van der Waals surface area contributed by atoms with Crippen molar-refractivity contribution in [3.05, 3.63) is 35.5 Å². The van der Waals surface area contributed by atoms with Gasteiger partial charge in [-0.3, -0.25) is 4.79 Å². The molecule has 2 aromatic heterocycles. The molecule has 1 saturated heterocycles. The lowest BCUT2D eigenvalue weighted by atomic mass is 10.1. The van der Waals surface area contributed by atoms with E-state index in [-0.39, 0.29) is 11.0 Å². The van der Waals surface area contributed by atoms with E-state index in [4.69, 9.17) is 4.74 Å². The standard InChI is InChI=1S/C18H20N4O2S2/c1-11-15(13-5-3-4-6-14(13)19-11)16(23)12(2)25-18-21-20-17(26-18)22-7-9-24-10-8-22/h3-6,12,19H,7-10H2,1-2H3/t12-/m1/s1.